The molecule has 2 nitrogen and oxygen atoms in total. The van der Waals surface area contributed by atoms with Crippen LogP contribution in [-0.4, -0.2) is 25.4 Å². The monoisotopic (exact) mass is 214 g/mol. The fraction of sp³-hybridized carbons (Fsp3) is 1.00. The largest absolute Gasteiger partial charge is 0.382 e. The number of rotatable bonds is 6. The fourth-order valence-electron chi connectivity index (χ4n) is 1.95. The van der Waals surface area contributed by atoms with Crippen molar-refractivity contribution >= 4 is 0 Å². The first-order valence-corrected chi connectivity index (χ1v) is 6.19. The Morgan fingerprint density at radius 3 is 2.27 bits per heavy atom. The van der Waals surface area contributed by atoms with E-state index in [9.17, 15) is 0 Å². The molecule has 0 atom stereocenters. The summed E-state index contributed by atoms with van der Waals surface area (Å²) in [7, 11) is 0. The first-order chi connectivity index (χ1) is 6.97. The van der Waals surface area contributed by atoms with Gasteiger partial charge in [0, 0.05) is 13.2 Å². The highest BCUT2D eigenvalue weighted by Gasteiger charge is 2.37. The summed E-state index contributed by atoms with van der Waals surface area (Å²) in [6.07, 6.45) is 5.16. The van der Waals surface area contributed by atoms with E-state index >= 15 is 0 Å². The summed E-state index contributed by atoms with van der Waals surface area (Å²) in [5.74, 6) is 0. The molecule has 0 radical (unpaired) electrons. The SMILES string of the molecule is CCOCCC1(COC(C)(C)C)CCC1. The summed E-state index contributed by atoms with van der Waals surface area (Å²) in [6.45, 7) is 11.1. The molecule has 0 saturated heterocycles. The van der Waals surface area contributed by atoms with Crippen molar-refractivity contribution < 1.29 is 9.47 Å². The molecule has 2 heteroatoms. The van der Waals surface area contributed by atoms with Crippen molar-refractivity contribution in [2.75, 3.05) is 19.8 Å². The molecule has 0 aromatic carbocycles. The average Bonchev–Trinajstić information content (AvgIpc) is 2.06. The molecule has 0 aromatic heterocycles. The predicted molar refractivity (Wildman–Crippen MR) is 63.1 cm³/mol. The molecule has 1 aliphatic rings. The third-order valence-electron chi connectivity index (χ3n) is 3.21. The van der Waals surface area contributed by atoms with Gasteiger partial charge in [-0.3, -0.25) is 0 Å². The summed E-state index contributed by atoms with van der Waals surface area (Å²) in [5.41, 5.74) is 0.427. The minimum Gasteiger partial charge on any atom is -0.382 e. The van der Waals surface area contributed by atoms with Crippen LogP contribution in [0.3, 0.4) is 0 Å². The molecule has 0 heterocycles. The van der Waals surface area contributed by atoms with E-state index < -0.39 is 0 Å². The van der Waals surface area contributed by atoms with E-state index in [1.54, 1.807) is 0 Å². The predicted octanol–water partition coefficient (Wildman–Crippen LogP) is 3.40. The lowest BCUT2D eigenvalue weighted by atomic mass is 9.67. The Morgan fingerprint density at radius 1 is 1.20 bits per heavy atom. The molecule has 1 saturated carbocycles. The molecule has 0 spiro atoms. The van der Waals surface area contributed by atoms with Gasteiger partial charge in [0.15, 0.2) is 0 Å². The number of ether oxygens (including phenoxy) is 2. The molecule has 0 unspecified atom stereocenters. The normalized spacial score (nSPS) is 20.0. The van der Waals surface area contributed by atoms with Gasteiger partial charge in [-0.1, -0.05) is 6.42 Å². The summed E-state index contributed by atoms with van der Waals surface area (Å²) in [4.78, 5) is 0. The van der Waals surface area contributed by atoms with Crippen LogP contribution in [0.1, 0.15) is 53.4 Å². The van der Waals surface area contributed by atoms with Gasteiger partial charge in [-0.15, -0.1) is 0 Å². The highest BCUT2D eigenvalue weighted by Crippen LogP contribution is 2.44. The number of hydrogen-bond donors (Lipinski definition) is 0. The minimum absolute atomic E-state index is 0.00575. The molecule has 1 rings (SSSR count). The van der Waals surface area contributed by atoms with Gasteiger partial charge in [-0.25, -0.2) is 0 Å². The standard InChI is InChI=1S/C13H26O2/c1-5-14-10-9-13(7-6-8-13)11-15-12(2,3)4/h5-11H2,1-4H3. The van der Waals surface area contributed by atoms with Crippen LogP contribution in [-0.2, 0) is 9.47 Å². The lowest BCUT2D eigenvalue weighted by Crippen LogP contribution is -2.38. The first-order valence-electron chi connectivity index (χ1n) is 6.19. The Bertz CT molecular complexity index is 177. The molecule has 15 heavy (non-hydrogen) atoms. The first kappa shape index (κ1) is 13.0. The highest BCUT2D eigenvalue weighted by molar-refractivity contribution is 4.88. The molecule has 0 N–H and O–H groups in total. The fourth-order valence-corrected chi connectivity index (χ4v) is 1.95. The molecule has 1 aliphatic carbocycles. The van der Waals surface area contributed by atoms with Crippen LogP contribution in [0.15, 0.2) is 0 Å². The molecule has 0 amide bonds. The summed E-state index contributed by atoms with van der Waals surface area (Å²) < 4.78 is 11.4. The molecule has 1 fully saturated rings. The van der Waals surface area contributed by atoms with Crippen LogP contribution < -0.4 is 0 Å². The summed E-state index contributed by atoms with van der Waals surface area (Å²) in [6, 6.07) is 0. The van der Waals surface area contributed by atoms with Gasteiger partial charge in [-0.05, 0) is 52.4 Å². The van der Waals surface area contributed by atoms with E-state index in [2.05, 4.69) is 27.7 Å². The van der Waals surface area contributed by atoms with E-state index in [0.717, 1.165) is 26.2 Å². The van der Waals surface area contributed by atoms with E-state index in [4.69, 9.17) is 9.47 Å². The van der Waals surface area contributed by atoms with Crippen LogP contribution in [0.2, 0.25) is 0 Å². The van der Waals surface area contributed by atoms with Crippen LogP contribution in [0.4, 0.5) is 0 Å². The van der Waals surface area contributed by atoms with Crippen molar-refractivity contribution in [2.45, 2.75) is 59.0 Å². The van der Waals surface area contributed by atoms with Crippen molar-refractivity contribution in [1.82, 2.24) is 0 Å². The second-order valence-electron chi connectivity index (χ2n) is 5.70. The van der Waals surface area contributed by atoms with E-state index in [-0.39, 0.29) is 5.60 Å². The topological polar surface area (TPSA) is 18.5 Å². The maximum atomic E-state index is 5.91. The van der Waals surface area contributed by atoms with Crippen LogP contribution in [0.5, 0.6) is 0 Å². The second kappa shape index (κ2) is 5.31. The zero-order valence-corrected chi connectivity index (χ0v) is 10.8. The van der Waals surface area contributed by atoms with E-state index in [0.29, 0.717) is 5.41 Å². The Balaban J connectivity index is 2.27. The van der Waals surface area contributed by atoms with Crippen LogP contribution >= 0.6 is 0 Å². The maximum Gasteiger partial charge on any atom is 0.0598 e. The van der Waals surface area contributed by atoms with E-state index in [1.807, 2.05) is 0 Å². The molecule has 0 bridgehead atoms. The van der Waals surface area contributed by atoms with Crippen molar-refractivity contribution in [1.29, 1.82) is 0 Å². The maximum absolute atomic E-state index is 5.91. The van der Waals surface area contributed by atoms with E-state index in [1.165, 1.54) is 19.3 Å². The third-order valence-corrected chi connectivity index (χ3v) is 3.21. The Kier molecular flexibility index (Phi) is 4.60. The zero-order chi connectivity index (χ0) is 11.4. The summed E-state index contributed by atoms with van der Waals surface area (Å²) >= 11 is 0. The van der Waals surface area contributed by atoms with Crippen molar-refractivity contribution in [3.8, 4) is 0 Å². The Hall–Kier alpha value is -0.0800. The minimum atomic E-state index is -0.00575. The quantitative estimate of drug-likeness (QED) is 0.631. The van der Waals surface area contributed by atoms with Crippen LogP contribution in [0, 0.1) is 5.41 Å². The zero-order valence-electron chi connectivity index (χ0n) is 10.8. The lowest BCUT2D eigenvalue weighted by molar-refractivity contribution is -0.0885. The van der Waals surface area contributed by atoms with Gasteiger partial charge in [-0.2, -0.15) is 0 Å². The van der Waals surface area contributed by atoms with Gasteiger partial charge >= 0.3 is 0 Å². The highest BCUT2D eigenvalue weighted by atomic mass is 16.5. The van der Waals surface area contributed by atoms with Crippen molar-refractivity contribution in [3.05, 3.63) is 0 Å². The summed E-state index contributed by atoms with van der Waals surface area (Å²) in [5, 5.41) is 0. The van der Waals surface area contributed by atoms with Gasteiger partial charge in [0.2, 0.25) is 0 Å². The Morgan fingerprint density at radius 2 is 1.87 bits per heavy atom. The Labute approximate surface area is 94.3 Å². The second-order valence-corrected chi connectivity index (χ2v) is 5.70. The number of hydrogen-bond acceptors (Lipinski definition) is 2. The van der Waals surface area contributed by atoms with Gasteiger partial charge < -0.3 is 9.47 Å². The molecular weight excluding hydrogens is 188 g/mol. The molecule has 0 aromatic rings. The van der Waals surface area contributed by atoms with Crippen molar-refractivity contribution in [3.63, 3.8) is 0 Å². The van der Waals surface area contributed by atoms with Gasteiger partial charge in [0.05, 0.1) is 12.2 Å². The molecule has 0 aliphatic heterocycles. The average molecular weight is 214 g/mol. The van der Waals surface area contributed by atoms with Crippen LogP contribution in [0.25, 0.3) is 0 Å². The lowest BCUT2D eigenvalue weighted by Gasteiger charge is -2.43. The molecular formula is C13H26O2. The van der Waals surface area contributed by atoms with Gasteiger partial charge in [0.1, 0.15) is 0 Å². The van der Waals surface area contributed by atoms with Crippen molar-refractivity contribution in [2.24, 2.45) is 5.41 Å². The third kappa shape index (κ3) is 4.52. The van der Waals surface area contributed by atoms with Gasteiger partial charge in [0.25, 0.3) is 0 Å². The smallest absolute Gasteiger partial charge is 0.0598 e. The molecule has 90 valence electrons.